The van der Waals surface area contributed by atoms with E-state index in [2.05, 4.69) is 20.3 Å². The summed E-state index contributed by atoms with van der Waals surface area (Å²) in [6, 6.07) is 7.60. The molecule has 2 amide bonds. The Morgan fingerprint density at radius 3 is 2.62 bits per heavy atom. The van der Waals surface area contributed by atoms with Gasteiger partial charge in [-0.15, -0.1) is 0 Å². The van der Waals surface area contributed by atoms with E-state index < -0.39 is 18.6 Å². The maximum Gasteiger partial charge on any atom is 0.341 e. The lowest BCUT2D eigenvalue weighted by molar-refractivity contribution is -0.139. The first-order valence-corrected chi connectivity index (χ1v) is 6.02. The molecule has 0 aliphatic heterocycles. The van der Waals surface area contributed by atoms with Gasteiger partial charge in [-0.05, 0) is 24.3 Å². The number of nitrogens with one attached hydrogen (secondary N) is 2. The number of carbonyl (C=O) groups excluding carboxylic acids is 1. The van der Waals surface area contributed by atoms with Crippen LogP contribution in [0.5, 0.6) is 5.75 Å². The lowest BCUT2D eigenvalue weighted by Gasteiger charge is -2.07. The number of hydrogen-bond acceptors (Lipinski definition) is 5. The number of benzene rings is 1. The molecule has 2 rings (SSSR count). The summed E-state index contributed by atoms with van der Waals surface area (Å²) in [5.41, 5.74) is 1.16. The van der Waals surface area contributed by atoms with Crippen LogP contribution in [-0.4, -0.2) is 28.9 Å². The molecule has 8 heteroatoms. The van der Waals surface area contributed by atoms with Crippen LogP contribution in [0.25, 0.3) is 0 Å². The summed E-state index contributed by atoms with van der Waals surface area (Å²) >= 11 is 0. The second-order valence-electron chi connectivity index (χ2n) is 4.01. The summed E-state index contributed by atoms with van der Waals surface area (Å²) in [5.74, 6) is -0.643. The number of carboxylic acid groups (broad SMARTS) is 1. The zero-order valence-corrected chi connectivity index (χ0v) is 10.9. The van der Waals surface area contributed by atoms with E-state index in [0.717, 1.165) is 0 Å². The van der Waals surface area contributed by atoms with E-state index in [9.17, 15) is 9.59 Å². The normalized spacial score (nSPS) is 9.90. The minimum atomic E-state index is -1.05. The highest BCUT2D eigenvalue weighted by molar-refractivity contribution is 5.89. The molecule has 0 fully saturated rings. The molecule has 0 atom stereocenters. The lowest BCUT2D eigenvalue weighted by Crippen LogP contribution is -2.28. The monoisotopic (exact) mass is 291 g/mol. The van der Waals surface area contributed by atoms with Crippen molar-refractivity contribution in [3.8, 4) is 5.75 Å². The molecule has 3 N–H and O–H groups in total. The second kappa shape index (κ2) is 6.94. The number of amides is 2. The lowest BCUT2D eigenvalue weighted by atomic mass is 10.3. The quantitative estimate of drug-likeness (QED) is 0.742. The first-order valence-electron chi connectivity index (χ1n) is 6.02. The van der Waals surface area contributed by atoms with Crippen LogP contribution in [0, 0.1) is 0 Å². The third-order valence-corrected chi connectivity index (χ3v) is 2.40. The van der Waals surface area contributed by atoms with E-state index in [4.69, 9.17) is 9.84 Å². The van der Waals surface area contributed by atoms with Gasteiger partial charge in [0.2, 0.25) is 0 Å². The number of aliphatic carboxylic acids is 1. The van der Waals surface area contributed by atoms with Crippen LogP contribution in [-0.2, 0) is 11.3 Å². The minimum Gasteiger partial charge on any atom is -0.482 e. The van der Waals surface area contributed by atoms with Crippen LogP contribution >= 0.6 is 0 Å². The predicted octanol–water partition coefficient (Wildman–Crippen LogP) is 1.46. The predicted molar refractivity (Wildman–Crippen MR) is 71.9 cm³/mol. The summed E-state index contributed by atoms with van der Waals surface area (Å²) in [4.78, 5) is 22.0. The van der Waals surface area contributed by atoms with Crippen LogP contribution in [0.3, 0.4) is 0 Å². The third kappa shape index (κ3) is 4.86. The molecule has 1 aromatic heterocycles. The molecular weight excluding hydrogens is 278 g/mol. The number of ether oxygens (including phenoxy) is 1. The molecule has 0 saturated heterocycles. The van der Waals surface area contributed by atoms with Gasteiger partial charge in [0, 0.05) is 11.8 Å². The van der Waals surface area contributed by atoms with Gasteiger partial charge in [-0.2, -0.15) is 0 Å². The van der Waals surface area contributed by atoms with Gasteiger partial charge >= 0.3 is 12.0 Å². The highest BCUT2D eigenvalue weighted by Gasteiger charge is 2.04. The van der Waals surface area contributed by atoms with Crippen LogP contribution in [0.2, 0.25) is 0 Å². The zero-order valence-electron chi connectivity index (χ0n) is 10.9. The van der Waals surface area contributed by atoms with Gasteiger partial charge in [-0.25, -0.2) is 9.59 Å². The molecule has 0 aliphatic carbocycles. The van der Waals surface area contributed by atoms with Crippen molar-refractivity contribution in [1.82, 2.24) is 10.5 Å². The molecule has 0 spiro atoms. The summed E-state index contributed by atoms with van der Waals surface area (Å²) in [6.45, 7) is -0.160. The fourth-order valence-corrected chi connectivity index (χ4v) is 1.45. The summed E-state index contributed by atoms with van der Waals surface area (Å²) in [6.07, 6.45) is 1.42. The highest BCUT2D eigenvalue weighted by Crippen LogP contribution is 2.15. The number of anilines is 1. The fourth-order valence-electron chi connectivity index (χ4n) is 1.45. The van der Waals surface area contributed by atoms with E-state index in [1.165, 1.54) is 6.26 Å². The van der Waals surface area contributed by atoms with Crippen molar-refractivity contribution in [3.05, 3.63) is 42.3 Å². The van der Waals surface area contributed by atoms with Crippen molar-refractivity contribution < 1.29 is 24.0 Å². The van der Waals surface area contributed by atoms with Crippen LogP contribution in [0.4, 0.5) is 10.5 Å². The number of hydrogen-bond donors (Lipinski definition) is 3. The SMILES string of the molecule is O=C(O)COc1ccc(NC(=O)NCc2ccon2)cc1. The molecule has 0 radical (unpaired) electrons. The highest BCUT2D eigenvalue weighted by atomic mass is 16.5. The van der Waals surface area contributed by atoms with Crippen molar-refractivity contribution in [2.75, 3.05) is 11.9 Å². The number of aromatic nitrogens is 1. The average molecular weight is 291 g/mol. The molecule has 2 aromatic rings. The van der Waals surface area contributed by atoms with Crippen molar-refractivity contribution in [2.45, 2.75) is 6.54 Å². The Bertz CT molecular complexity index is 595. The summed E-state index contributed by atoms with van der Waals surface area (Å²) < 4.78 is 9.62. The van der Waals surface area contributed by atoms with Gasteiger partial charge in [0.25, 0.3) is 0 Å². The minimum absolute atomic E-state index is 0.252. The van der Waals surface area contributed by atoms with E-state index in [-0.39, 0.29) is 6.54 Å². The van der Waals surface area contributed by atoms with Crippen molar-refractivity contribution >= 4 is 17.7 Å². The van der Waals surface area contributed by atoms with Gasteiger partial charge in [-0.1, -0.05) is 5.16 Å². The number of rotatable bonds is 6. The van der Waals surface area contributed by atoms with Crippen molar-refractivity contribution in [1.29, 1.82) is 0 Å². The largest absolute Gasteiger partial charge is 0.482 e. The van der Waals surface area contributed by atoms with E-state index in [1.807, 2.05) is 0 Å². The van der Waals surface area contributed by atoms with Gasteiger partial charge in [0.15, 0.2) is 6.61 Å². The molecule has 1 aromatic carbocycles. The molecule has 1 heterocycles. The molecule has 110 valence electrons. The van der Waals surface area contributed by atoms with E-state index in [0.29, 0.717) is 17.1 Å². The summed E-state index contributed by atoms with van der Waals surface area (Å²) in [7, 11) is 0. The average Bonchev–Trinajstić information content (AvgIpc) is 2.98. The molecule has 0 saturated carbocycles. The van der Waals surface area contributed by atoms with E-state index in [1.54, 1.807) is 30.3 Å². The molecule has 0 unspecified atom stereocenters. The maximum atomic E-state index is 11.6. The summed E-state index contributed by atoms with van der Waals surface area (Å²) in [5, 5.41) is 17.4. The Balaban J connectivity index is 1.79. The van der Waals surface area contributed by atoms with Gasteiger partial charge in [0.1, 0.15) is 17.7 Å². The fraction of sp³-hybridized carbons (Fsp3) is 0.154. The second-order valence-corrected chi connectivity index (χ2v) is 4.01. The Kier molecular flexibility index (Phi) is 4.75. The number of carboxylic acids is 1. The van der Waals surface area contributed by atoms with Crippen LogP contribution in [0.15, 0.2) is 41.1 Å². The van der Waals surface area contributed by atoms with Crippen LogP contribution in [0.1, 0.15) is 5.69 Å². The number of carbonyl (C=O) groups is 2. The molecule has 0 bridgehead atoms. The van der Waals surface area contributed by atoms with Crippen molar-refractivity contribution in [3.63, 3.8) is 0 Å². The Labute approximate surface area is 119 Å². The topological polar surface area (TPSA) is 114 Å². The maximum absolute atomic E-state index is 11.6. The van der Waals surface area contributed by atoms with Gasteiger partial charge < -0.3 is 25.0 Å². The third-order valence-electron chi connectivity index (χ3n) is 2.40. The Morgan fingerprint density at radius 1 is 1.24 bits per heavy atom. The number of nitrogens with zero attached hydrogens (tertiary/aromatic N) is 1. The Hall–Kier alpha value is -3.03. The zero-order chi connectivity index (χ0) is 15.1. The standard InChI is InChI=1S/C13H13N3O5/c17-12(18)8-20-11-3-1-9(2-4-11)15-13(19)14-7-10-5-6-21-16-10/h1-6H,7-8H2,(H,17,18)(H2,14,15,19). The molecular formula is C13H13N3O5. The van der Waals surface area contributed by atoms with Crippen LogP contribution < -0.4 is 15.4 Å². The number of urea groups is 1. The molecule has 21 heavy (non-hydrogen) atoms. The molecule has 0 aliphatic rings. The Morgan fingerprint density at radius 2 is 2.00 bits per heavy atom. The van der Waals surface area contributed by atoms with Gasteiger partial charge in [-0.3, -0.25) is 0 Å². The smallest absolute Gasteiger partial charge is 0.341 e. The van der Waals surface area contributed by atoms with E-state index >= 15 is 0 Å². The first-order chi connectivity index (χ1) is 10.1. The van der Waals surface area contributed by atoms with Gasteiger partial charge in [0.05, 0.1) is 6.54 Å². The first kappa shape index (κ1) is 14.4. The van der Waals surface area contributed by atoms with Crippen molar-refractivity contribution in [2.24, 2.45) is 0 Å². The molecule has 8 nitrogen and oxygen atoms in total.